The second kappa shape index (κ2) is 8.94. The molecule has 0 atom stereocenters. The van der Waals surface area contributed by atoms with E-state index >= 15 is 0 Å². The minimum Gasteiger partial charge on any atom is -0.337 e. The van der Waals surface area contributed by atoms with Crippen LogP contribution in [0.25, 0.3) is 0 Å². The molecule has 0 aromatic heterocycles. The highest BCUT2D eigenvalue weighted by Gasteiger charge is 2.23. The Labute approximate surface area is 153 Å². The molecule has 0 N–H and O–H groups in total. The minimum absolute atomic E-state index is 0.0995. The quantitative estimate of drug-likeness (QED) is 0.647. The molecule has 0 saturated carbocycles. The molecule has 0 aliphatic rings. The van der Waals surface area contributed by atoms with Gasteiger partial charge >= 0.3 is 0 Å². The van der Waals surface area contributed by atoms with E-state index in [1.54, 1.807) is 17.0 Å². The van der Waals surface area contributed by atoms with Gasteiger partial charge in [-0.25, -0.2) is 12.7 Å². The Kier molecular flexibility index (Phi) is 7.85. The van der Waals surface area contributed by atoms with Crippen molar-refractivity contribution in [3.05, 3.63) is 28.2 Å². The van der Waals surface area contributed by atoms with E-state index in [9.17, 15) is 13.2 Å². The zero-order valence-electron chi connectivity index (χ0n) is 14.9. The summed E-state index contributed by atoms with van der Waals surface area (Å²) in [6.45, 7) is 4.01. The van der Waals surface area contributed by atoms with Crippen molar-refractivity contribution in [3.63, 3.8) is 0 Å². The highest BCUT2D eigenvalue weighted by molar-refractivity contribution is 9.10. The molecule has 0 radical (unpaired) electrons. The third kappa shape index (κ3) is 5.27. The van der Waals surface area contributed by atoms with Crippen LogP contribution in [0.5, 0.6) is 0 Å². The van der Waals surface area contributed by atoms with Gasteiger partial charge in [-0.15, -0.1) is 0 Å². The monoisotopic (exact) mass is 419 g/mol. The molecule has 1 aromatic rings. The molecular formula is C16H26BrN3O3S. The van der Waals surface area contributed by atoms with Crippen molar-refractivity contribution in [2.75, 3.05) is 47.8 Å². The molecule has 24 heavy (non-hydrogen) atoms. The van der Waals surface area contributed by atoms with Crippen LogP contribution in [0.15, 0.2) is 27.6 Å². The van der Waals surface area contributed by atoms with Crippen molar-refractivity contribution in [1.82, 2.24) is 14.1 Å². The number of carbonyl (C=O) groups is 1. The van der Waals surface area contributed by atoms with E-state index in [2.05, 4.69) is 15.9 Å². The summed E-state index contributed by atoms with van der Waals surface area (Å²) in [7, 11) is 3.23. The third-order valence-electron chi connectivity index (χ3n) is 3.53. The summed E-state index contributed by atoms with van der Waals surface area (Å²) < 4.78 is 26.4. The van der Waals surface area contributed by atoms with Gasteiger partial charge < -0.3 is 9.80 Å². The van der Waals surface area contributed by atoms with Gasteiger partial charge in [-0.05, 0) is 54.6 Å². The van der Waals surface area contributed by atoms with Gasteiger partial charge in [-0.1, -0.05) is 6.92 Å². The van der Waals surface area contributed by atoms with Crippen molar-refractivity contribution in [2.45, 2.75) is 18.2 Å². The lowest BCUT2D eigenvalue weighted by Crippen LogP contribution is -2.37. The number of rotatable bonds is 8. The number of likely N-dealkylation sites (N-methyl/N-ethyl adjacent to an activating group) is 1. The second-order valence-electron chi connectivity index (χ2n) is 6.03. The summed E-state index contributed by atoms with van der Waals surface area (Å²) in [4.78, 5) is 16.7. The molecule has 6 nitrogen and oxygen atoms in total. The molecule has 136 valence electrons. The molecule has 0 saturated heterocycles. The van der Waals surface area contributed by atoms with Crippen molar-refractivity contribution >= 4 is 31.9 Å². The molecular weight excluding hydrogens is 394 g/mol. The molecule has 0 unspecified atom stereocenters. The molecule has 8 heteroatoms. The highest BCUT2D eigenvalue weighted by atomic mass is 79.9. The Bertz CT molecular complexity index is 675. The lowest BCUT2D eigenvalue weighted by atomic mass is 10.2. The molecule has 1 amide bonds. The first kappa shape index (κ1) is 21.1. The summed E-state index contributed by atoms with van der Waals surface area (Å²) in [5.74, 6) is -0.151. The SMILES string of the molecule is CCCN(CCN(C)C)C(=O)c1ccc(Br)c(S(=O)(=O)N(C)C)c1. The van der Waals surface area contributed by atoms with Crippen molar-refractivity contribution in [3.8, 4) is 0 Å². The van der Waals surface area contributed by atoms with E-state index < -0.39 is 10.0 Å². The first-order valence-electron chi connectivity index (χ1n) is 7.77. The van der Waals surface area contributed by atoms with Gasteiger partial charge in [0.05, 0.1) is 4.90 Å². The van der Waals surface area contributed by atoms with Gasteiger partial charge in [0.1, 0.15) is 0 Å². The number of sulfonamides is 1. The first-order chi connectivity index (χ1) is 11.1. The molecule has 0 spiro atoms. The van der Waals surface area contributed by atoms with Crippen LogP contribution in [-0.2, 0) is 10.0 Å². The summed E-state index contributed by atoms with van der Waals surface area (Å²) in [6, 6.07) is 4.71. The summed E-state index contributed by atoms with van der Waals surface area (Å²) in [5, 5.41) is 0. The fourth-order valence-electron chi connectivity index (χ4n) is 2.12. The molecule has 1 aromatic carbocycles. The van der Waals surface area contributed by atoms with Crippen LogP contribution in [0.3, 0.4) is 0 Å². The van der Waals surface area contributed by atoms with Crippen molar-refractivity contribution in [2.24, 2.45) is 0 Å². The lowest BCUT2D eigenvalue weighted by molar-refractivity contribution is 0.0744. The fraction of sp³-hybridized carbons (Fsp3) is 0.562. The van der Waals surface area contributed by atoms with Gasteiger partial charge in [0, 0.05) is 43.8 Å². The normalized spacial score (nSPS) is 12.0. The zero-order chi connectivity index (χ0) is 18.5. The second-order valence-corrected chi connectivity index (χ2v) is 9.00. The Morgan fingerprint density at radius 3 is 2.21 bits per heavy atom. The third-order valence-corrected chi connectivity index (χ3v) is 6.34. The van der Waals surface area contributed by atoms with E-state index in [-0.39, 0.29) is 10.8 Å². The molecule has 0 heterocycles. The van der Waals surface area contributed by atoms with E-state index in [0.717, 1.165) is 17.3 Å². The van der Waals surface area contributed by atoms with Crippen LogP contribution < -0.4 is 0 Å². The highest BCUT2D eigenvalue weighted by Crippen LogP contribution is 2.25. The molecule has 1 rings (SSSR count). The lowest BCUT2D eigenvalue weighted by Gasteiger charge is -2.24. The summed E-state index contributed by atoms with van der Waals surface area (Å²) in [5.41, 5.74) is 0.380. The van der Waals surface area contributed by atoms with E-state index in [0.29, 0.717) is 23.1 Å². The van der Waals surface area contributed by atoms with Crippen LogP contribution in [0.4, 0.5) is 0 Å². The maximum Gasteiger partial charge on any atom is 0.253 e. The largest absolute Gasteiger partial charge is 0.337 e. The number of halogens is 1. The van der Waals surface area contributed by atoms with E-state index in [1.807, 2.05) is 25.9 Å². The molecule has 0 fully saturated rings. The summed E-state index contributed by atoms with van der Waals surface area (Å²) >= 11 is 3.26. The maximum absolute atomic E-state index is 12.8. The maximum atomic E-state index is 12.8. The van der Waals surface area contributed by atoms with Crippen LogP contribution >= 0.6 is 15.9 Å². The van der Waals surface area contributed by atoms with Crippen molar-refractivity contribution < 1.29 is 13.2 Å². The topological polar surface area (TPSA) is 60.9 Å². The van der Waals surface area contributed by atoms with Crippen molar-refractivity contribution in [1.29, 1.82) is 0 Å². The van der Waals surface area contributed by atoms with Crippen LogP contribution in [0.1, 0.15) is 23.7 Å². The zero-order valence-corrected chi connectivity index (χ0v) is 17.3. The van der Waals surface area contributed by atoms with Gasteiger partial charge in [0.2, 0.25) is 10.0 Å². The van der Waals surface area contributed by atoms with Gasteiger partial charge in [-0.3, -0.25) is 4.79 Å². The Hall–Kier alpha value is -0.960. The molecule has 0 bridgehead atoms. The minimum atomic E-state index is -3.62. The van der Waals surface area contributed by atoms with Crippen LogP contribution in [0.2, 0.25) is 0 Å². The van der Waals surface area contributed by atoms with Crippen LogP contribution in [-0.4, -0.2) is 76.3 Å². The van der Waals surface area contributed by atoms with E-state index in [1.165, 1.54) is 20.2 Å². The van der Waals surface area contributed by atoms with Gasteiger partial charge in [-0.2, -0.15) is 0 Å². The number of nitrogens with zero attached hydrogens (tertiary/aromatic N) is 3. The number of hydrogen-bond acceptors (Lipinski definition) is 4. The van der Waals surface area contributed by atoms with Gasteiger partial charge in [0.15, 0.2) is 0 Å². The molecule has 0 aliphatic carbocycles. The predicted molar refractivity (Wildman–Crippen MR) is 99.8 cm³/mol. The van der Waals surface area contributed by atoms with Gasteiger partial charge in [0.25, 0.3) is 5.91 Å². The average Bonchev–Trinajstić information content (AvgIpc) is 2.50. The Morgan fingerprint density at radius 1 is 1.08 bits per heavy atom. The number of benzene rings is 1. The standard InChI is InChI=1S/C16H26BrN3O3S/c1-6-9-20(11-10-18(2)3)16(21)13-7-8-14(17)15(12-13)24(22,23)19(4)5/h7-8,12H,6,9-11H2,1-5H3. The fourth-order valence-corrected chi connectivity index (χ4v) is 3.96. The average molecular weight is 420 g/mol. The van der Waals surface area contributed by atoms with E-state index in [4.69, 9.17) is 0 Å². The smallest absolute Gasteiger partial charge is 0.253 e. The number of carbonyl (C=O) groups excluding carboxylic acids is 1. The summed E-state index contributed by atoms with van der Waals surface area (Å²) in [6.07, 6.45) is 0.846. The van der Waals surface area contributed by atoms with Crippen LogP contribution in [0, 0.1) is 0 Å². The molecule has 0 aliphatic heterocycles. The Morgan fingerprint density at radius 2 is 1.71 bits per heavy atom. The number of amides is 1. The predicted octanol–water partition coefficient (Wildman–Crippen LogP) is 2.11. The number of hydrogen-bond donors (Lipinski definition) is 0. The Balaban J connectivity index is 3.18. The first-order valence-corrected chi connectivity index (χ1v) is 10.0.